The maximum absolute atomic E-state index is 13.5. The third kappa shape index (κ3) is 4.40. The maximum Gasteiger partial charge on any atom is 0.246 e. The van der Waals surface area contributed by atoms with Gasteiger partial charge in [0.1, 0.15) is 23.0 Å². The number of nitrogens with zero attached hydrogens (tertiary/aromatic N) is 1. The lowest BCUT2D eigenvalue weighted by Crippen LogP contribution is -2.31. The highest BCUT2D eigenvalue weighted by Gasteiger charge is 2.25. The van der Waals surface area contributed by atoms with Crippen LogP contribution in [0.5, 0.6) is 17.2 Å². The van der Waals surface area contributed by atoms with Crippen molar-refractivity contribution < 1.29 is 27.0 Å². The van der Waals surface area contributed by atoms with Crippen LogP contribution >= 0.6 is 0 Å². The predicted molar refractivity (Wildman–Crippen MR) is 91.3 cm³/mol. The average molecular weight is 369 g/mol. The van der Waals surface area contributed by atoms with Gasteiger partial charge in [-0.1, -0.05) is 12.1 Å². The van der Waals surface area contributed by atoms with Gasteiger partial charge < -0.3 is 14.2 Å². The van der Waals surface area contributed by atoms with Crippen molar-refractivity contribution in [3.05, 3.63) is 48.3 Å². The number of methoxy groups -OCH3 is 2. The second-order valence-corrected chi connectivity index (χ2v) is 7.14. The Hall–Kier alpha value is -2.32. The van der Waals surface area contributed by atoms with Crippen molar-refractivity contribution in [2.24, 2.45) is 0 Å². The summed E-state index contributed by atoms with van der Waals surface area (Å²) in [5, 5.41) is 0. The first-order chi connectivity index (χ1) is 11.9. The largest absolute Gasteiger partial charge is 0.497 e. The lowest BCUT2D eigenvalue weighted by molar-refractivity contribution is 0.275. The van der Waals surface area contributed by atoms with Crippen molar-refractivity contribution >= 4 is 10.0 Å². The number of hydrogen-bond acceptors (Lipinski definition) is 5. The minimum Gasteiger partial charge on any atom is -0.497 e. The molecule has 2 aromatic rings. The summed E-state index contributed by atoms with van der Waals surface area (Å²) in [6, 6.07) is 10.5. The van der Waals surface area contributed by atoms with Crippen molar-refractivity contribution in [1.82, 2.24) is 4.31 Å². The number of sulfonamides is 1. The molecule has 0 spiro atoms. The van der Waals surface area contributed by atoms with Crippen LogP contribution in [0.4, 0.5) is 4.39 Å². The molecule has 2 aromatic carbocycles. The predicted octanol–water partition coefficient (Wildman–Crippen LogP) is 2.54. The number of rotatable bonds is 8. The van der Waals surface area contributed by atoms with Gasteiger partial charge in [-0.25, -0.2) is 12.8 Å². The molecule has 0 radical (unpaired) electrons. The molecule has 0 atom stereocenters. The zero-order chi connectivity index (χ0) is 18.4. The van der Waals surface area contributed by atoms with Crippen molar-refractivity contribution in [2.75, 3.05) is 34.4 Å². The number of para-hydroxylation sites is 1. The van der Waals surface area contributed by atoms with Gasteiger partial charge in [0.25, 0.3) is 0 Å². The Labute approximate surface area is 146 Å². The molecule has 6 nitrogen and oxygen atoms in total. The Morgan fingerprint density at radius 2 is 1.76 bits per heavy atom. The highest BCUT2D eigenvalue weighted by Crippen LogP contribution is 2.30. The Morgan fingerprint density at radius 3 is 2.40 bits per heavy atom. The molecule has 0 heterocycles. The summed E-state index contributed by atoms with van der Waals surface area (Å²) in [4.78, 5) is -0.0114. The molecular formula is C17H20FNO5S. The fourth-order valence-corrected chi connectivity index (χ4v) is 3.44. The summed E-state index contributed by atoms with van der Waals surface area (Å²) in [7, 11) is 0.431. The van der Waals surface area contributed by atoms with Gasteiger partial charge in [-0.2, -0.15) is 4.31 Å². The Bertz CT molecular complexity index is 826. The fourth-order valence-electron chi connectivity index (χ4n) is 2.12. The van der Waals surface area contributed by atoms with E-state index in [0.29, 0.717) is 5.75 Å². The molecule has 0 N–H and O–H groups in total. The topological polar surface area (TPSA) is 65.1 Å². The minimum absolute atomic E-state index is 0.00292. The number of likely N-dealkylation sites (N-methyl/N-ethyl adjacent to an activating group) is 1. The maximum atomic E-state index is 13.5. The Kier molecular flexibility index (Phi) is 6.22. The molecule has 8 heteroatoms. The zero-order valence-corrected chi connectivity index (χ0v) is 15.0. The molecule has 0 unspecified atom stereocenters. The van der Waals surface area contributed by atoms with Crippen LogP contribution < -0.4 is 14.2 Å². The van der Waals surface area contributed by atoms with Gasteiger partial charge in [-0.05, 0) is 24.3 Å². The van der Waals surface area contributed by atoms with Crippen LogP contribution in [0.15, 0.2) is 47.4 Å². The van der Waals surface area contributed by atoms with E-state index in [1.165, 1.54) is 45.5 Å². The minimum atomic E-state index is -3.82. The molecule has 0 aliphatic rings. The van der Waals surface area contributed by atoms with Gasteiger partial charge in [0, 0.05) is 19.7 Å². The molecule has 0 fully saturated rings. The van der Waals surface area contributed by atoms with E-state index in [1.54, 1.807) is 18.2 Å². The van der Waals surface area contributed by atoms with Gasteiger partial charge in [-0.15, -0.1) is 0 Å². The zero-order valence-electron chi connectivity index (χ0n) is 14.2. The van der Waals surface area contributed by atoms with Crippen LogP contribution in [0.3, 0.4) is 0 Å². The molecule has 2 rings (SSSR count). The molecule has 25 heavy (non-hydrogen) atoms. The Balaban J connectivity index is 2.12. The van der Waals surface area contributed by atoms with Crippen LogP contribution in [0.25, 0.3) is 0 Å². The number of ether oxygens (including phenoxy) is 3. The summed E-state index contributed by atoms with van der Waals surface area (Å²) in [6.07, 6.45) is 0. The average Bonchev–Trinajstić information content (AvgIpc) is 2.62. The number of halogens is 1. The van der Waals surface area contributed by atoms with E-state index >= 15 is 0 Å². The molecule has 0 amide bonds. The molecule has 0 saturated heterocycles. The highest BCUT2D eigenvalue weighted by molar-refractivity contribution is 7.89. The first kappa shape index (κ1) is 19.0. The van der Waals surface area contributed by atoms with Crippen molar-refractivity contribution in [1.29, 1.82) is 0 Å². The van der Waals surface area contributed by atoms with E-state index in [2.05, 4.69) is 0 Å². The van der Waals surface area contributed by atoms with Crippen LogP contribution in [0, 0.1) is 5.82 Å². The SMILES string of the molecule is COc1ccc(OC)c(S(=O)(=O)N(C)CCOc2ccccc2F)c1. The fraction of sp³-hybridized carbons (Fsp3) is 0.294. The normalized spacial score (nSPS) is 11.4. The van der Waals surface area contributed by atoms with Gasteiger partial charge in [0.2, 0.25) is 10.0 Å². The van der Waals surface area contributed by atoms with E-state index in [4.69, 9.17) is 14.2 Å². The van der Waals surface area contributed by atoms with Gasteiger partial charge in [0.05, 0.1) is 14.2 Å². The molecule has 136 valence electrons. The van der Waals surface area contributed by atoms with Crippen LogP contribution in [0.1, 0.15) is 0 Å². The van der Waals surface area contributed by atoms with Gasteiger partial charge >= 0.3 is 0 Å². The second kappa shape index (κ2) is 8.17. The van der Waals surface area contributed by atoms with Crippen molar-refractivity contribution in [3.63, 3.8) is 0 Å². The smallest absolute Gasteiger partial charge is 0.246 e. The van der Waals surface area contributed by atoms with Crippen LogP contribution in [0.2, 0.25) is 0 Å². The van der Waals surface area contributed by atoms with E-state index in [1.807, 2.05) is 0 Å². The van der Waals surface area contributed by atoms with E-state index < -0.39 is 15.8 Å². The Morgan fingerprint density at radius 1 is 1.04 bits per heavy atom. The molecule has 0 aliphatic heterocycles. The molecule has 0 aliphatic carbocycles. The molecule has 0 saturated carbocycles. The van der Waals surface area contributed by atoms with E-state index in [9.17, 15) is 12.8 Å². The highest BCUT2D eigenvalue weighted by atomic mass is 32.2. The third-order valence-corrected chi connectivity index (χ3v) is 5.44. The second-order valence-electron chi connectivity index (χ2n) is 5.12. The van der Waals surface area contributed by atoms with Crippen molar-refractivity contribution in [3.8, 4) is 17.2 Å². The first-order valence-electron chi connectivity index (χ1n) is 7.46. The van der Waals surface area contributed by atoms with Crippen LogP contribution in [-0.2, 0) is 10.0 Å². The molecular weight excluding hydrogens is 349 g/mol. The number of hydrogen-bond donors (Lipinski definition) is 0. The van der Waals surface area contributed by atoms with E-state index in [-0.39, 0.29) is 29.5 Å². The number of benzene rings is 2. The van der Waals surface area contributed by atoms with Crippen LogP contribution in [-0.4, -0.2) is 47.1 Å². The summed E-state index contributed by atoms with van der Waals surface area (Å²) in [5.74, 6) is 0.188. The summed E-state index contributed by atoms with van der Waals surface area (Å²) < 4.78 is 55.6. The first-order valence-corrected chi connectivity index (χ1v) is 8.90. The lowest BCUT2D eigenvalue weighted by Gasteiger charge is -2.19. The molecule has 0 bridgehead atoms. The third-order valence-electron chi connectivity index (χ3n) is 3.56. The molecule has 0 aromatic heterocycles. The summed E-state index contributed by atoms with van der Waals surface area (Å²) >= 11 is 0. The summed E-state index contributed by atoms with van der Waals surface area (Å²) in [6.45, 7) is 0.0416. The standard InChI is InChI=1S/C17H20FNO5S/c1-19(10-11-24-15-7-5-4-6-14(15)18)25(20,21)17-12-13(22-2)8-9-16(17)23-3/h4-9,12H,10-11H2,1-3H3. The lowest BCUT2D eigenvalue weighted by atomic mass is 10.3. The van der Waals surface area contributed by atoms with E-state index in [0.717, 1.165) is 4.31 Å². The van der Waals surface area contributed by atoms with Crippen molar-refractivity contribution in [2.45, 2.75) is 4.90 Å². The van der Waals surface area contributed by atoms with Gasteiger partial charge in [0.15, 0.2) is 11.6 Å². The quantitative estimate of drug-likeness (QED) is 0.715. The summed E-state index contributed by atoms with van der Waals surface area (Å²) in [5.41, 5.74) is 0. The monoisotopic (exact) mass is 369 g/mol. The van der Waals surface area contributed by atoms with Gasteiger partial charge in [-0.3, -0.25) is 0 Å².